The highest BCUT2D eigenvalue weighted by Crippen LogP contribution is 2.23. The van der Waals surface area contributed by atoms with Crippen molar-refractivity contribution in [3.8, 4) is 0 Å². The minimum absolute atomic E-state index is 0.253. The second-order valence-electron chi connectivity index (χ2n) is 4.55. The van der Waals surface area contributed by atoms with Gasteiger partial charge in [-0.2, -0.15) is 5.10 Å². The molecule has 7 heteroatoms. The summed E-state index contributed by atoms with van der Waals surface area (Å²) in [6.07, 6.45) is 3.87. The maximum Gasteiger partial charge on any atom is 0.348 e. The van der Waals surface area contributed by atoms with Gasteiger partial charge in [0, 0.05) is 25.2 Å². The first-order chi connectivity index (χ1) is 8.79. The first-order valence-corrected chi connectivity index (χ1v) is 6.13. The predicted octanol–water partition coefficient (Wildman–Crippen LogP) is -0.394. The molecule has 0 spiro atoms. The van der Waals surface area contributed by atoms with Crippen LogP contribution >= 0.6 is 0 Å². The molecule has 0 amide bonds. The molecule has 0 aromatic carbocycles. The summed E-state index contributed by atoms with van der Waals surface area (Å²) < 4.78 is 1.41. The molecule has 1 saturated heterocycles. The van der Waals surface area contributed by atoms with Crippen molar-refractivity contribution >= 4 is 11.5 Å². The standard InChI is InChI=1S/C11H16N6O/c1-12-6-8-3-2-4-16(8)9-5-10-14-15-11(18)17(10)7-13-9/h5,7-8,12H,2-4,6H2,1H3,(H,15,18). The lowest BCUT2D eigenvalue weighted by atomic mass is 10.2. The van der Waals surface area contributed by atoms with Gasteiger partial charge in [0.05, 0.1) is 0 Å². The Labute approximate surface area is 104 Å². The summed E-state index contributed by atoms with van der Waals surface area (Å²) >= 11 is 0. The Bertz CT molecular complexity index is 603. The van der Waals surface area contributed by atoms with Gasteiger partial charge in [0.2, 0.25) is 0 Å². The molecule has 3 rings (SSSR count). The van der Waals surface area contributed by atoms with Gasteiger partial charge in [-0.25, -0.2) is 19.3 Å². The molecule has 1 unspecified atom stereocenters. The van der Waals surface area contributed by atoms with E-state index in [-0.39, 0.29) is 5.69 Å². The van der Waals surface area contributed by atoms with Crippen LogP contribution in [0.1, 0.15) is 12.8 Å². The fourth-order valence-corrected chi connectivity index (χ4v) is 2.54. The molecule has 0 bridgehead atoms. The number of fused-ring (bicyclic) bond motifs is 1. The van der Waals surface area contributed by atoms with Crippen LogP contribution in [0.2, 0.25) is 0 Å². The summed E-state index contributed by atoms with van der Waals surface area (Å²) in [7, 11) is 1.96. The number of hydrogen-bond acceptors (Lipinski definition) is 5. The molecule has 1 aliphatic rings. The minimum atomic E-state index is -0.253. The van der Waals surface area contributed by atoms with Crippen molar-refractivity contribution in [3.63, 3.8) is 0 Å². The van der Waals surface area contributed by atoms with Crippen LogP contribution in [0.5, 0.6) is 0 Å². The number of nitrogens with zero attached hydrogens (tertiary/aromatic N) is 4. The molecule has 2 N–H and O–H groups in total. The third-order valence-corrected chi connectivity index (χ3v) is 3.41. The zero-order chi connectivity index (χ0) is 12.5. The molecule has 1 atom stereocenters. The van der Waals surface area contributed by atoms with Crippen LogP contribution in [-0.4, -0.2) is 45.8 Å². The van der Waals surface area contributed by atoms with Gasteiger partial charge in [0.25, 0.3) is 0 Å². The molecule has 18 heavy (non-hydrogen) atoms. The molecule has 0 radical (unpaired) electrons. The molecular weight excluding hydrogens is 232 g/mol. The van der Waals surface area contributed by atoms with Crippen LogP contribution in [0.4, 0.5) is 5.82 Å². The predicted molar refractivity (Wildman–Crippen MR) is 67.9 cm³/mol. The Morgan fingerprint density at radius 3 is 3.33 bits per heavy atom. The van der Waals surface area contributed by atoms with Crippen LogP contribution in [0.3, 0.4) is 0 Å². The van der Waals surface area contributed by atoms with E-state index in [4.69, 9.17) is 0 Å². The van der Waals surface area contributed by atoms with E-state index in [0.717, 1.165) is 18.9 Å². The number of aromatic nitrogens is 4. The maximum atomic E-state index is 11.4. The van der Waals surface area contributed by atoms with Crippen molar-refractivity contribution in [2.75, 3.05) is 25.0 Å². The van der Waals surface area contributed by atoms with Crippen LogP contribution < -0.4 is 15.9 Å². The molecule has 3 heterocycles. The van der Waals surface area contributed by atoms with E-state index in [0.29, 0.717) is 11.7 Å². The third-order valence-electron chi connectivity index (χ3n) is 3.41. The zero-order valence-electron chi connectivity index (χ0n) is 10.3. The van der Waals surface area contributed by atoms with Crippen LogP contribution in [-0.2, 0) is 0 Å². The Kier molecular flexibility index (Phi) is 2.75. The van der Waals surface area contributed by atoms with Crippen LogP contribution in [0, 0.1) is 0 Å². The van der Waals surface area contributed by atoms with Crippen molar-refractivity contribution in [2.24, 2.45) is 0 Å². The summed E-state index contributed by atoms with van der Waals surface area (Å²) in [5, 5.41) is 9.59. The number of hydrogen-bond donors (Lipinski definition) is 2. The number of likely N-dealkylation sites (N-methyl/N-ethyl adjacent to an activating group) is 1. The van der Waals surface area contributed by atoms with E-state index >= 15 is 0 Å². The van der Waals surface area contributed by atoms with E-state index in [2.05, 4.69) is 25.4 Å². The molecule has 1 aliphatic heterocycles. The maximum absolute atomic E-state index is 11.4. The average Bonchev–Trinajstić information content (AvgIpc) is 2.97. The topological polar surface area (TPSA) is 78.3 Å². The Hall–Kier alpha value is -1.89. The van der Waals surface area contributed by atoms with Gasteiger partial charge < -0.3 is 10.2 Å². The van der Waals surface area contributed by atoms with Crippen molar-refractivity contribution < 1.29 is 0 Å². The highest BCUT2D eigenvalue weighted by molar-refractivity contribution is 5.51. The molecule has 1 fully saturated rings. The summed E-state index contributed by atoms with van der Waals surface area (Å²) in [6.45, 7) is 1.95. The smallest absolute Gasteiger partial charge is 0.348 e. The number of H-pyrrole nitrogens is 1. The summed E-state index contributed by atoms with van der Waals surface area (Å²) in [5.41, 5.74) is 0.359. The van der Waals surface area contributed by atoms with Gasteiger partial charge in [-0.1, -0.05) is 0 Å². The minimum Gasteiger partial charge on any atom is -0.352 e. The van der Waals surface area contributed by atoms with Gasteiger partial charge in [-0.15, -0.1) is 0 Å². The average molecular weight is 248 g/mol. The normalized spacial score (nSPS) is 19.8. The lowest BCUT2D eigenvalue weighted by molar-refractivity contribution is 0.611. The van der Waals surface area contributed by atoms with Crippen molar-refractivity contribution in [3.05, 3.63) is 22.9 Å². The molecule has 2 aromatic rings. The second kappa shape index (κ2) is 4.41. The number of rotatable bonds is 3. The number of aromatic amines is 1. The Morgan fingerprint density at radius 1 is 1.61 bits per heavy atom. The number of anilines is 1. The molecule has 2 aromatic heterocycles. The summed E-state index contributed by atoms with van der Waals surface area (Å²) in [6, 6.07) is 2.32. The van der Waals surface area contributed by atoms with Crippen LogP contribution in [0.25, 0.3) is 5.65 Å². The summed E-state index contributed by atoms with van der Waals surface area (Å²) in [4.78, 5) is 18.0. The largest absolute Gasteiger partial charge is 0.352 e. The fourth-order valence-electron chi connectivity index (χ4n) is 2.54. The SMILES string of the molecule is CNCC1CCCN1c1cc2n[nH]c(=O)n2cn1. The Balaban J connectivity index is 1.96. The first-order valence-electron chi connectivity index (χ1n) is 6.13. The van der Waals surface area contributed by atoms with E-state index in [9.17, 15) is 4.79 Å². The third kappa shape index (κ3) is 1.76. The van der Waals surface area contributed by atoms with Gasteiger partial charge in [0.15, 0.2) is 5.65 Å². The fraction of sp³-hybridized carbons (Fsp3) is 0.545. The number of nitrogens with one attached hydrogen (secondary N) is 2. The first kappa shape index (κ1) is 11.2. The van der Waals surface area contributed by atoms with Crippen molar-refractivity contribution in [1.29, 1.82) is 0 Å². The quantitative estimate of drug-likeness (QED) is 0.773. The van der Waals surface area contributed by atoms with E-state index in [1.807, 2.05) is 13.1 Å². The zero-order valence-corrected chi connectivity index (χ0v) is 10.3. The molecule has 0 aliphatic carbocycles. The van der Waals surface area contributed by atoms with Crippen molar-refractivity contribution in [1.82, 2.24) is 24.9 Å². The molecular formula is C11H16N6O. The second-order valence-corrected chi connectivity index (χ2v) is 4.55. The van der Waals surface area contributed by atoms with Crippen LogP contribution in [0.15, 0.2) is 17.2 Å². The van der Waals surface area contributed by atoms with Gasteiger partial charge >= 0.3 is 5.69 Å². The Morgan fingerprint density at radius 2 is 2.50 bits per heavy atom. The molecule has 7 nitrogen and oxygen atoms in total. The molecule has 96 valence electrons. The van der Waals surface area contributed by atoms with Gasteiger partial charge in [-0.05, 0) is 19.9 Å². The summed E-state index contributed by atoms with van der Waals surface area (Å²) in [5.74, 6) is 0.888. The van der Waals surface area contributed by atoms with Gasteiger partial charge in [0.1, 0.15) is 12.1 Å². The van der Waals surface area contributed by atoms with E-state index < -0.39 is 0 Å². The monoisotopic (exact) mass is 248 g/mol. The lowest BCUT2D eigenvalue weighted by Crippen LogP contribution is -2.37. The lowest BCUT2D eigenvalue weighted by Gasteiger charge is -2.25. The van der Waals surface area contributed by atoms with E-state index in [1.54, 1.807) is 0 Å². The van der Waals surface area contributed by atoms with E-state index in [1.165, 1.54) is 23.6 Å². The highest BCUT2D eigenvalue weighted by atomic mass is 16.1. The highest BCUT2D eigenvalue weighted by Gasteiger charge is 2.25. The van der Waals surface area contributed by atoms with Crippen molar-refractivity contribution in [2.45, 2.75) is 18.9 Å². The molecule has 0 saturated carbocycles. The van der Waals surface area contributed by atoms with Gasteiger partial charge in [-0.3, -0.25) is 0 Å².